The second-order valence-corrected chi connectivity index (χ2v) is 5.35. The van der Waals surface area contributed by atoms with Gasteiger partial charge in [-0.2, -0.15) is 0 Å². The lowest BCUT2D eigenvalue weighted by Crippen LogP contribution is -2.50. The van der Waals surface area contributed by atoms with Crippen molar-refractivity contribution < 1.29 is 33.8 Å². The van der Waals surface area contributed by atoms with Gasteiger partial charge in [-0.05, 0) is 19.8 Å². The maximum Gasteiger partial charge on any atom is 0.327 e. The van der Waals surface area contributed by atoms with Crippen LogP contribution >= 0.6 is 0 Å². The van der Waals surface area contributed by atoms with Gasteiger partial charge in [-0.15, -0.1) is 0 Å². The van der Waals surface area contributed by atoms with E-state index in [2.05, 4.69) is 5.32 Å². The van der Waals surface area contributed by atoms with E-state index in [1.807, 2.05) is 0 Å². The maximum atomic E-state index is 12.0. The zero-order chi connectivity index (χ0) is 18.0. The molecule has 0 aliphatic heterocycles. The van der Waals surface area contributed by atoms with Crippen LogP contribution in [0.15, 0.2) is 0 Å². The van der Waals surface area contributed by atoms with Crippen molar-refractivity contribution >= 4 is 23.8 Å². The lowest BCUT2D eigenvalue weighted by Gasteiger charge is -2.23. The number of hydrogen-bond acceptors (Lipinski definition) is 6. The second kappa shape index (κ2) is 10.6. The summed E-state index contributed by atoms with van der Waals surface area (Å²) >= 11 is 0. The Kier molecular flexibility index (Phi) is 9.60. The fourth-order valence-corrected chi connectivity index (χ4v) is 1.92. The van der Waals surface area contributed by atoms with Crippen molar-refractivity contribution in [3.8, 4) is 0 Å². The molecule has 0 aromatic carbocycles. The molecule has 8 heteroatoms. The van der Waals surface area contributed by atoms with Crippen LogP contribution in [0.4, 0.5) is 0 Å². The summed E-state index contributed by atoms with van der Waals surface area (Å²) in [5.74, 6) is -4.83. The summed E-state index contributed by atoms with van der Waals surface area (Å²) in [5.41, 5.74) is 0. The molecular weight excluding hydrogens is 306 g/mol. The fraction of sp³-hybridized carbons (Fsp3) is 0.733. The van der Waals surface area contributed by atoms with Crippen LogP contribution < -0.4 is 5.32 Å². The number of rotatable bonds is 10. The first kappa shape index (κ1) is 20.9. The van der Waals surface area contributed by atoms with E-state index < -0.39 is 42.2 Å². The molecule has 2 atom stereocenters. The molecule has 1 amide bonds. The third-order valence-corrected chi connectivity index (χ3v) is 2.86. The minimum absolute atomic E-state index is 0.0237. The maximum absolute atomic E-state index is 12.0. The first-order valence-corrected chi connectivity index (χ1v) is 7.57. The van der Waals surface area contributed by atoms with Crippen molar-refractivity contribution in [3.05, 3.63) is 0 Å². The highest BCUT2D eigenvalue weighted by Crippen LogP contribution is 2.15. The van der Waals surface area contributed by atoms with Crippen LogP contribution in [-0.2, 0) is 28.7 Å². The Bertz CT molecular complexity index is 434. The Morgan fingerprint density at radius 3 is 2.00 bits per heavy atom. The predicted molar refractivity (Wildman–Crippen MR) is 80.4 cm³/mol. The van der Waals surface area contributed by atoms with E-state index in [4.69, 9.17) is 9.47 Å². The first-order valence-electron chi connectivity index (χ1n) is 7.57. The molecule has 0 aliphatic carbocycles. The molecule has 0 aromatic rings. The Balaban J connectivity index is 5.22. The number of amides is 1. The summed E-state index contributed by atoms with van der Waals surface area (Å²) < 4.78 is 9.56. The number of carboxylic acid groups (broad SMARTS) is 1. The third kappa shape index (κ3) is 8.18. The normalized spacial score (nSPS) is 13.1. The zero-order valence-electron chi connectivity index (χ0n) is 14.0. The van der Waals surface area contributed by atoms with Crippen LogP contribution in [0.5, 0.6) is 0 Å². The molecule has 8 nitrogen and oxygen atoms in total. The largest absolute Gasteiger partial charge is 0.480 e. The lowest BCUT2D eigenvalue weighted by molar-refractivity contribution is -0.160. The number of carbonyl (C=O) groups excluding carboxylic acids is 3. The number of hydrogen-bond donors (Lipinski definition) is 2. The van der Waals surface area contributed by atoms with Crippen molar-refractivity contribution in [1.29, 1.82) is 0 Å². The van der Waals surface area contributed by atoms with E-state index in [0.717, 1.165) is 0 Å². The number of aliphatic carboxylic acids is 1. The summed E-state index contributed by atoms with van der Waals surface area (Å²) in [6, 6.07) is -1.55. The van der Waals surface area contributed by atoms with Crippen molar-refractivity contribution in [1.82, 2.24) is 5.32 Å². The van der Waals surface area contributed by atoms with Gasteiger partial charge in [0.1, 0.15) is 6.04 Å². The smallest absolute Gasteiger partial charge is 0.327 e. The molecule has 0 saturated carbocycles. The molecule has 0 aromatic heterocycles. The quantitative estimate of drug-likeness (QED) is 0.566. The van der Waals surface area contributed by atoms with Gasteiger partial charge < -0.3 is 19.9 Å². The van der Waals surface area contributed by atoms with Gasteiger partial charge in [-0.1, -0.05) is 13.8 Å². The zero-order valence-corrected chi connectivity index (χ0v) is 14.0. The van der Waals surface area contributed by atoms with Gasteiger partial charge in [0, 0.05) is 6.42 Å². The van der Waals surface area contributed by atoms with E-state index in [0.29, 0.717) is 0 Å². The molecule has 23 heavy (non-hydrogen) atoms. The van der Waals surface area contributed by atoms with E-state index in [1.165, 1.54) is 0 Å². The number of nitrogens with one attached hydrogen (secondary N) is 1. The van der Waals surface area contributed by atoms with E-state index in [-0.39, 0.29) is 25.6 Å². The average molecular weight is 331 g/mol. The summed E-state index contributed by atoms with van der Waals surface area (Å²) in [6.45, 7) is 6.90. The molecule has 0 aliphatic rings. The molecule has 0 rings (SSSR count). The standard InChI is InChI=1S/C15H25NO7/c1-5-22-12(18)8-10(15(21)23-6-2)13(14(19)20)16-11(17)7-9(3)4/h9-10,13H,5-8H2,1-4H3,(H,16,17)(H,19,20)/t10-,13+/m1/s1. The van der Waals surface area contributed by atoms with Crippen molar-refractivity contribution in [2.45, 2.75) is 46.6 Å². The fourth-order valence-electron chi connectivity index (χ4n) is 1.92. The van der Waals surface area contributed by atoms with Crippen LogP contribution in [0.1, 0.15) is 40.5 Å². The molecule has 2 N–H and O–H groups in total. The first-order chi connectivity index (χ1) is 10.7. The van der Waals surface area contributed by atoms with Crippen LogP contribution in [0.3, 0.4) is 0 Å². The summed E-state index contributed by atoms with van der Waals surface area (Å²) in [5, 5.41) is 11.6. The molecule has 0 unspecified atom stereocenters. The van der Waals surface area contributed by atoms with Gasteiger partial charge in [-0.25, -0.2) is 4.79 Å². The number of carbonyl (C=O) groups is 4. The van der Waals surface area contributed by atoms with Crippen molar-refractivity contribution in [2.75, 3.05) is 13.2 Å². The van der Waals surface area contributed by atoms with Crippen LogP contribution in [0, 0.1) is 11.8 Å². The number of carboxylic acids is 1. The van der Waals surface area contributed by atoms with E-state index in [9.17, 15) is 24.3 Å². The van der Waals surface area contributed by atoms with Crippen LogP contribution in [-0.4, -0.2) is 48.2 Å². The highest BCUT2D eigenvalue weighted by atomic mass is 16.5. The molecular formula is C15H25NO7. The Hall–Kier alpha value is -2.12. The highest BCUT2D eigenvalue weighted by Gasteiger charge is 2.38. The predicted octanol–water partition coefficient (Wildman–Crippen LogP) is 0.734. The topological polar surface area (TPSA) is 119 Å². The van der Waals surface area contributed by atoms with Gasteiger partial charge in [0.15, 0.2) is 0 Å². The van der Waals surface area contributed by atoms with Gasteiger partial charge >= 0.3 is 17.9 Å². The number of esters is 2. The molecule has 0 spiro atoms. The van der Waals surface area contributed by atoms with Gasteiger partial charge in [-0.3, -0.25) is 14.4 Å². The van der Waals surface area contributed by atoms with Gasteiger partial charge in [0.25, 0.3) is 0 Å². The third-order valence-electron chi connectivity index (χ3n) is 2.86. The van der Waals surface area contributed by atoms with Crippen LogP contribution in [0.25, 0.3) is 0 Å². The molecule has 0 heterocycles. The number of ether oxygens (including phenoxy) is 2. The summed E-state index contributed by atoms with van der Waals surface area (Å²) in [6.07, 6.45) is -0.371. The Morgan fingerprint density at radius 1 is 1.00 bits per heavy atom. The molecule has 0 radical (unpaired) electrons. The SMILES string of the molecule is CCOC(=O)C[C@@H](C(=O)OCC)[C@H](NC(=O)CC(C)C)C(=O)O. The summed E-state index contributed by atoms with van der Waals surface area (Å²) in [7, 11) is 0. The lowest BCUT2D eigenvalue weighted by atomic mass is 9.95. The minimum Gasteiger partial charge on any atom is -0.480 e. The molecule has 0 fully saturated rings. The van der Waals surface area contributed by atoms with E-state index in [1.54, 1.807) is 27.7 Å². The van der Waals surface area contributed by atoms with E-state index >= 15 is 0 Å². The molecule has 0 bridgehead atoms. The van der Waals surface area contributed by atoms with Gasteiger partial charge in [0.05, 0.1) is 25.6 Å². The van der Waals surface area contributed by atoms with Gasteiger partial charge in [0.2, 0.25) is 5.91 Å². The Labute approximate surface area is 135 Å². The van der Waals surface area contributed by atoms with Crippen molar-refractivity contribution in [3.63, 3.8) is 0 Å². The molecule has 132 valence electrons. The average Bonchev–Trinajstić information content (AvgIpc) is 2.42. The second-order valence-electron chi connectivity index (χ2n) is 5.35. The highest BCUT2D eigenvalue weighted by molar-refractivity contribution is 5.90. The van der Waals surface area contributed by atoms with Crippen LogP contribution in [0.2, 0.25) is 0 Å². The summed E-state index contributed by atoms with van der Waals surface area (Å²) in [4.78, 5) is 46.9. The monoisotopic (exact) mass is 331 g/mol. The Morgan fingerprint density at radius 2 is 1.57 bits per heavy atom. The molecule has 0 saturated heterocycles. The minimum atomic E-state index is -1.55. The van der Waals surface area contributed by atoms with Crippen molar-refractivity contribution in [2.24, 2.45) is 11.8 Å².